The highest BCUT2D eigenvalue weighted by molar-refractivity contribution is 5.34. The largest absolute Gasteiger partial charge is 0.416 e. The molecule has 0 aliphatic rings. The molecule has 0 radical (unpaired) electrons. The molecule has 0 aromatic heterocycles. The van der Waals surface area contributed by atoms with Gasteiger partial charge in [-0.15, -0.1) is 0 Å². The van der Waals surface area contributed by atoms with Crippen LogP contribution < -0.4 is 11.3 Å². The van der Waals surface area contributed by atoms with Gasteiger partial charge in [0, 0.05) is 19.8 Å². The van der Waals surface area contributed by atoms with Crippen LogP contribution in [0.2, 0.25) is 0 Å². The first-order chi connectivity index (χ1) is 9.90. The van der Waals surface area contributed by atoms with Gasteiger partial charge in [-0.3, -0.25) is 11.3 Å². The third kappa shape index (κ3) is 5.62. The fraction of sp³-hybridized carbons (Fsp3) is 0.571. The monoisotopic (exact) mass is 306 g/mol. The van der Waals surface area contributed by atoms with E-state index in [4.69, 9.17) is 15.3 Å². The van der Waals surface area contributed by atoms with Gasteiger partial charge in [0.1, 0.15) is 0 Å². The summed E-state index contributed by atoms with van der Waals surface area (Å²) in [5.74, 6) is 5.49. The number of ether oxygens (including phenoxy) is 2. The number of benzene rings is 1. The van der Waals surface area contributed by atoms with Gasteiger partial charge < -0.3 is 9.47 Å². The van der Waals surface area contributed by atoms with Crippen molar-refractivity contribution in [1.82, 2.24) is 5.43 Å². The first-order valence-electron chi connectivity index (χ1n) is 6.60. The lowest BCUT2D eigenvalue weighted by molar-refractivity contribution is -0.137. The number of hydrogen-bond acceptors (Lipinski definition) is 4. The van der Waals surface area contributed by atoms with Crippen molar-refractivity contribution < 1.29 is 22.6 Å². The Kier molecular flexibility index (Phi) is 7.10. The molecule has 0 fully saturated rings. The second-order valence-corrected chi connectivity index (χ2v) is 4.68. The molecule has 0 saturated heterocycles. The Morgan fingerprint density at radius 1 is 1.24 bits per heavy atom. The van der Waals surface area contributed by atoms with Crippen molar-refractivity contribution in [2.24, 2.45) is 5.84 Å². The average molecular weight is 306 g/mol. The highest BCUT2D eigenvalue weighted by Crippen LogP contribution is 2.32. The van der Waals surface area contributed by atoms with Crippen LogP contribution in [0.4, 0.5) is 13.2 Å². The van der Waals surface area contributed by atoms with E-state index in [2.05, 4.69) is 5.43 Å². The van der Waals surface area contributed by atoms with E-state index in [0.29, 0.717) is 31.8 Å². The van der Waals surface area contributed by atoms with Crippen LogP contribution >= 0.6 is 0 Å². The highest BCUT2D eigenvalue weighted by Gasteiger charge is 2.31. The number of alkyl halides is 3. The zero-order valence-electron chi connectivity index (χ0n) is 12.2. The molecule has 1 aromatic rings. The minimum absolute atomic E-state index is 0.255. The van der Waals surface area contributed by atoms with Crippen LogP contribution in [0.1, 0.15) is 29.2 Å². The molecule has 0 spiro atoms. The van der Waals surface area contributed by atoms with Gasteiger partial charge >= 0.3 is 6.18 Å². The topological polar surface area (TPSA) is 56.5 Å². The van der Waals surface area contributed by atoms with E-state index in [1.54, 1.807) is 14.0 Å². The third-order valence-electron chi connectivity index (χ3n) is 3.16. The second kappa shape index (κ2) is 8.33. The quantitative estimate of drug-likeness (QED) is 0.440. The molecule has 0 aliphatic carbocycles. The SMILES string of the molecule is COCCOCCC(NN)c1ccc(C(F)(F)F)cc1C. The van der Waals surface area contributed by atoms with Crippen LogP contribution in [0, 0.1) is 6.92 Å². The van der Waals surface area contributed by atoms with Crippen molar-refractivity contribution in [2.45, 2.75) is 25.6 Å². The van der Waals surface area contributed by atoms with Gasteiger partial charge in [-0.2, -0.15) is 13.2 Å². The Bertz CT molecular complexity index is 439. The maximum atomic E-state index is 12.6. The van der Waals surface area contributed by atoms with Crippen LogP contribution in [0.25, 0.3) is 0 Å². The van der Waals surface area contributed by atoms with Gasteiger partial charge in [-0.1, -0.05) is 6.07 Å². The molecule has 0 bridgehead atoms. The molecule has 0 saturated carbocycles. The van der Waals surface area contributed by atoms with Crippen molar-refractivity contribution in [3.05, 3.63) is 34.9 Å². The lowest BCUT2D eigenvalue weighted by atomic mass is 9.97. The van der Waals surface area contributed by atoms with Gasteiger partial charge in [0.15, 0.2) is 0 Å². The summed E-state index contributed by atoms with van der Waals surface area (Å²) in [6.45, 7) is 3.05. The normalized spacial score (nSPS) is 13.4. The lowest BCUT2D eigenvalue weighted by Crippen LogP contribution is -2.29. The Morgan fingerprint density at radius 3 is 2.48 bits per heavy atom. The molecular formula is C14H21F3N2O2. The molecular weight excluding hydrogens is 285 g/mol. The molecule has 1 aromatic carbocycles. The standard InChI is InChI=1S/C14H21F3N2O2/c1-10-9-11(14(15,16)17)3-4-12(10)13(19-18)5-6-21-8-7-20-2/h3-4,9,13,19H,5-8,18H2,1-2H3. The molecule has 120 valence electrons. The van der Waals surface area contributed by atoms with Crippen LogP contribution in [0.3, 0.4) is 0 Å². The van der Waals surface area contributed by atoms with Crippen LogP contribution in [0.5, 0.6) is 0 Å². The number of methoxy groups -OCH3 is 1. The summed E-state index contributed by atoms with van der Waals surface area (Å²) in [7, 11) is 1.58. The zero-order chi connectivity index (χ0) is 15.9. The summed E-state index contributed by atoms with van der Waals surface area (Å²) in [6, 6.07) is 3.40. The molecule has 3 N–H and O–H groups in total. The van der Waals surface area contributed by atoms with Crippen LogP contribution in [-0.2, 0) is 15.7 Å². The Balaban J connectivity index is 2.68. The number of nitrogens with two attached hydrogens (primary N) is 1. The average Bonchev–Trinajstić information content (AvgIpc) is 2.42. The number of rotatable bonds is 8. The van der Waals surface area contributed by atoms with Crippen LogP contribution in [-0.4, -0.2) is 26.9 Å². The smallest absolute Gasteiger partial charge is 0.382 e. The molecule has 1 atom stereocenters. The summed E-state index contributed by atoms with van der Waals surface area (Å²) < 4.78 is 48.1. The summed E-state index contributed by atoms with van der Waals surface area (Å²) in [5.41, 5.74) is 3.24. The molecule has 1 rings (SSSR count). The number of nitrogens with one attached hydrogen (secondary N) is 1. The lowest BCUT2D eigenvalue weighted by Gasteiger charge is -2.19. The second-order valence-electron chi connectivity index (χ2n) is 4.68. The maximum absolute atomic E-state index is 12.6. The number of hydrazine groups is 1. The third-order valence-corrected chi connectivity index (χ3v) is 3.16. The van der Waals surface area contributed by atoms with E-state index >= 15 is 0 Å². The minimum Gasteiger partial charge on any atom is -0.382 e. The van der Waals surface area contributed by atoms with Crippen molar-refractivity contribution in [2.75, 3.05) is 26.9 Å². The maximum Gasteiger partial charge on any atom is 0.416 e. The first kappa shape index (κ1) is 17.9. The Morgan fingerprint density at radius 2 is 1.95 bits per heavy atom. The fourth-order valence-corrected chi connectivity index (χ4v) is 2.02. The number of halogens is 3. The fourth-order valence-electron chi connectivity index (χ4n) is 2.02. The van der Waals surface area contributed by atoms with Crippen molar-refractivity contribution in [1.29, 1.82) is 0 Å². The van der Waals surface area contributed by atoms with E-state index in [0.717, 1.165) is 17.7 Å². The Hall–Kier alpha value is -1.15. The zero-order valence-corrected chi connectivity index (χ0v) is 12.2. The van der Waals surface area contributed by atoms with Gasteiger partial charge in [-0.05, 0) is 36.6 Å². The minimum atomic E-state index is -4.34. The molecule has 21 heavy (non-hydrogen) atoms. The van der Waals surface area contributed by atoms with Crippen molar-refractivity contribution in [3.8, 4) is 0 Å². The molecule has 4 nitrogen and oxygen atoms in total. The first-order valence-corrected chi connectivity index (χ1v) is 6.60. The highest BCUT2D eigenvalue weighted by atomic mass is 19.4. The van der Waals surface area contributed by atoms with E-state index in [9.17, 15) is 13.2 Å². The van der Waals surface area contributed by atoms with Gasteiger partial charge in [-0.25, -0.2) is 0 Å². The number of aryl methyl sites for hydroxylation is 1. The summed E-state index contributed by atoms with van der Waals surface area (Å²) in [5, 5.41) is 0. The molecule has 1 unspecified atom stereocenters. The van der Waals surface area contributed by atoms with Crippen LogP contribution in [0.15, 0.2) is 18.2 Å². The summed E-state index contributed by atoms with van der Waals surface area (Å²) in [6.07, 6.45) is -3.77. The van der Waals surface area contributed by atoms with Crippen molar-refractivity contribution >= 4 is 0 Å². The van der Waals surface area contributed by atoms with E-state index in [1.165, 1.54) is 6.07 Å². The van der Waals surface area contributed by atoms with Gasteiger partial charge in [0.05, 0.1) is 18.8 Å². The molecule has 0 heterocycles. The predicted octanol–water partition coefficient (Wildman–Crippen LogP) is 2.57. The molecule has 0 aliphatic heterocycles. The van der Waals surface area contributed by atoms with E-state index in [1.807, 2.05) is 0 Å². The van der Waals surface area contributed by atoms with Gasteiger partial charge in [0.2, 0.25) is 0 Å². The van der Waals surface area contributed by atoms with E-state index in [-0.39, 0.29) is 6.04 Å². The van der Waals surface area contributed by atoms with Gasteiger partial charge in [0.25, 0.3) is 0 Å². The molecule has 7 heteroatoms. The summed E-state index contributed by atoms with van der Waals surface area (Å²) >= 11 is 0. The molecule has 0 amide bonds. The Labute approximate surface area is 122 Å². The van der Waals surface area contributed by atoms with Crippen molar-refractivity contribution in [3.63, 3.8) is 0 Å². The predicted molar refractivity (Wildman–Crippen MR) is 73.6 cm³/mol. The summed E-state index contributed by atoms with van der Waals surface area (Å²) in [4.78, 5) is 0. The van der Waals surface area contributed by atoms with E-state index < -0.39 is 11.7 Å². The number of hydrogen-bond donors (Lipinski definition) is 2.